The summed E-state index contributed by atoms with van der Waals surface area (Å²) in [6.45, 7) is 13.0. The highest BCUT2D eigenvalue weighted by atomic mass is 16.5. The summed E-state index contributed by atoms with van der Waals surface area (Å²) in [7, 11) is 6.80. The molecule has 7 aromatic heterocycles. The molecule has 0 unspecified atom stereocenters. The zero-order valence-corrected chi connectivity index (χ0v) is 82.6. The lowest BCUT2D eigenvalue weighted by Crippen LogP contribution is -2.52. The van der Waals surface area contributed by atoms with E-state index in [2.05, 4.69) is 68.3 Å². The van der Waals surface area contributed by atoms with Gasteiger partial charge < -0.3 is 39.4 Å². The number of ether oxygens (including phenoxy) is 4. The van der Waals surface area contributed by atoms with E-state index in [9.17, 15) is 39.6 Å². The number of nitrogens with zero attached hydrogens (tertiary/aromatic N) is 12. The summed E-state index contributed by atoms with van der Waals surface area (Å²) in [4.78, 5) is 67.4. The fourth-order valence-electron chi connectivity index (χ4n) is 36.7. The predicted molar refractivity (Wildman–Crippen MR) is 520 cm³/mol. The number of aliphatic hydroxyl groups is 4. The molecule has 24 heteroatoms. The molecule has 16 aliphatic rings. The van der Waals surface area contributed by atoms with Crippen LogP contribution in [0, 0.1) is 164 Å². The van der Waals surface area contributed by atoms with Gasteiger partial charge in [-0.3, -0.25) is 48.2 Å². The standard InChI is InChI=1S/4C28H39N3O3/c1-27-10-7-21-20-8-11-28(33,17-34-2)13-18(20)3-4-22(21)23(27)5-6-24(27)26(32)16-31-25-15-29-12-9-19(25)14-30-31;1-27-11-9-20-19-10-12-28(33,17-34-2)14-18(19)5-6-21(20)22(27)7-8-23(27)26(32)16-31-25-4-3-13-29-24(25)15-30-31;1-27-11-9-20-19-10-12-28(33,17-34-2)14-18(19)5-6-21(20)22(27)7-8-23(27)26(32)16-31-15-25-24(30-31)4-3-13-29-25;1-27-13-11-20-19-12-14-28(33,17-34-2)15-18(19)7-8-21(20)22(27)9-10-23(27)26(32)16-31-25-6-4-3-5-24(25)29-30-31/h9,12,14-15,18,20-24,33H,3-8,10-11,13,16-17H2,1-2H3;2*3-4,13,15,18-23,33H,5-12,14,16-17H2,1-2H3;3-6,18-23,33H,7-17H2,1-2H3/t18-,20-,21+,22+,23-,24+,27-,28+;3*18-,19-,20+,21+,22-,23+,27-,28+/m0000/s1. The van der Waals surface area contributed by atoms with E-state index in [1.807, 2.05) is 82.6 Å². The van der Waals surface area contributed by atoms with E-state index >= 15 is 0 Å². The van der Waals surface area contributed by atoms with Crippen molar-refractivity contribution in [1.29, 1.82) is 0 Å². The third-order valence-electron chi connectivity index (χ3n) is 42.5. The second kappa shape index (κ2) is 37.9. The summed E-state index contributed by atoms with van der Waals surface area (Å²) in [5, 5.41) is 67.1. The highest BCUT2D eigenvalue weighted by Gasteiger charge is 2.65. The van der Waals surface area contributed by atoms with E-state index in [0.717, 1.165) is 218 Å². The summed E-state index contributed by atoms with van der Waals surface area (Å²) in [6.07, 6.45) is 52.9. The van der Waals surface area contributed by atoms with Crippen LogP contribution in [0.3, 0.4) is 0 Å². The average molecular weight is 1860 g/mol. The first-order valence-corrected chi connectivity index (χ1v) is 53.7. The molecule has 0 aliphatic heterocycles. The molecule has 136 heavy (non-hydrogen) atoms. The maximum atomic E-state index is 13.6. The maximum Gasteiger partial charge on any atom is 0.157 e. The summed E-state index contributed by atoms with van der Waals surface area (Å²) in [5.41, 5.74) is 4.26. The fraction of sp³-hybridized carbons (Fsp3) is 0.750. The molecular formula is C112H156N12O12. The van der Waals surface area contributed by atoms with Crippen LogP contribution < -0.4 is 0 Å². The highest BCUT2D eigenvalue weighted by molar-refractivity contribution is 5.87. The molecule has 16 fully saturated rings. The average Bonchev–Trinajstić information content (AvgIpc) is 1.06. The Labute approximate surface area is 804 Å². The number of Topliss-reactive ketones (excluding diaryl/α,β-unsaturated/α-hetero) is 4. The van der Waals surface area contributed by atoms with Gasteiger partial charge in [-0.2, -0.15) is 15.3 Å². The Morgan fingerprint density at radius 3 is 1.11 bits per heavy atom. The lowest BCUT2D eigenvalue weighted by molar-refractivity contribution is -0.137. The second-order valence-electron chi connectivity index (χ2n) is 48.8. The van der Waals surface area contributed by atoms with Crippen LogP contribution in [-0.4, -0.2) is 180 Å². The van der Waals surface area contributed by atoms with Crippen molar-refractivity contribution in [2.75, 3.05) is 54.9 Å². The van der Waals surface area contributed by atoms with E-state index < -0.39 is 22.4 Å². The van der Waals surface area contributed by atoms with Crippen LogP contribution in [0.1, 0.15) is 259 Å². The maximum absolute atomic E-state index is 13.6. The molecule has 7 heterocycles. The van der Waals surface area contributed by atoms with Crippen molar-refractivity contribution in [3.8, 4) is 0 Å². The number of hydrogen-bond acceptors (Lipinski definition) is 20. The van der Waals surface area contributed by atoms with Crippen LogP contribution in [0.2, 0.25) is 0 Å². The summed E-state index contributed by atoms with van der Waals surface area (Å²) in [6, 6.07) is 17.6. The predicted octanol–water partition coefficient (Wildman–Crippen LogP) is 18.6. The number of hydrogen-bond donors (Lipinski definition) is 4. The van der Waals surface area contributed by atoms with E-state index in [4.69, 9.17) is 18.9 Å². The van der Waals surface area contributed by atoms with Gasteiger partial charge in [0.25, 0.3) is 0 Å². The third-order valence-corrected chi connectivity index (χ3v) is 42.5. The van der Waals surface area contributed by atoms with Gasteiger partial charge in [0.15, 0.2) is 23.1 Å². The molecule has 736 valence electrons. The van der Waals surface area contributed by atoms with Crippen molar-refractivity contribution in [3.63, 3.8) is 0 Å². The quantitative estimate of drug-likeness (QED) is 0.0551. The molecule has 16 aliphatic carbocycles. The minimum Gasteiger partial charge on any atom is -0.387 e. The van der Waals surface area contributed by atoms with E-state index in [1.165, 1.54) is 128 Å². The molecule has 16 saturated carbocycles. The molecule has 0 saturated heterocycles. The second-order valence-corrected chi connectivity index (χ2v) is 48.8. The Morgan fingerprint density at radius 1 is 0.338 bits per heavy atom. The van der Waals surface area contributed by atoms with Crippen LogP contribution in [-0.2, 0) is 64.3 Å². The van der Waals surface area contributed by atoms with Crippen LogP contribution in [0.25, 0.3) is 44.0 Å². The Kier molecular flexibility index (Phi) is 26.5. The van der Waals surface area contributed by atoms with Gasteiger partial charge in [-0.05, 0) is 414 Å². The summed E-state index contributed by atoms with van der Waals surface area (Å²) in [5.74, 6) is 16.3. The number of rotatable bonds is 20. The lowest BCUT2D eigenvalue weighted by atomic mass is 9.49. The van der Waals surface area contributed by atoms with Gasteiger partial charge in [0.2, 0.25) is 0 Å². The summed E-state index contributed by atoms with van der Waals surface area (Å²) < 4.78 is 28.7. The van der Waals surface area contributed by atoms with E-state index in [0.29, 0.717) is 123 Å². The van der Waals surface area contributed by atoms with Crippen LogP contribution >= 0.6 is 0 Å². The molecule has 24 rings (SSSR count). The van der Waals surface area contributed by atoms with Crippen molar-refractivity contribution in [3.05, 3.63) is 98.0 Å². The zero-order valence-electron chi connectivity index (χ0n) is 82.6. The normalized spacial score (nSPS) is 41.6. The van der Waals surface area contributed by atoms with Gasteiger partial charge in [0.1, 0.15) is 41.7 Å². The number of methoxy groups -OCH3 is 4. The zero-order chi connectivity index (χ0) is 94.0. The smallest absolute Gasteiger partial charge is 0.157 e. The first-order valence-electron chi connectivity index (χ1n) is 53.7. The number of carbonyl (C=O) groups excluding carboxylic acids is 4. The number of carbonyl (C=O) groups is 4. The van der Waals surface area contributed by atoms with Gasteiger partial charge in [-0.15, -0.1) is 5.10 Å². The fourth-order valence-corrected chi connectivity index (χ4v) is 36.7. The number of pyridine rings is 3. The molecule has 1 aromatic carbocycles. The Bertz CT molecular complexity index is 5170. The third kappa shape index (κ3) is 17.4. The monoisotopic (exact) mass is 1860 g/mol. The van der Waals surface area contributed by atoms with Gasteiger partial charge >= 0.3 is 0 Å². The lowest BCUT2D eigenvalue weighted by Gasteiger charge is -2.57. The molecule has 0 amide bonds. The molecule has 8 aromatic rings. The van der Waals surface area contributed by atoms with Crippen molar-refractivity contribution in [2.24, 2.45) is 164 Å². The van der Waals surface area contributed by atoms with Crippen LogP contribution in [0.5, 0.6) is 0 Å². The van der Waals surface area contributed by atoms with Crippen molar-refractivity contribution < 1.29 is 58.6 Å². The Morgan fingerprint density at radius 2 is 0.691 bits per heavy atom. The van der Waals surface area contributed by atoms with Crippen molar-refractivity contribution >= 4 is 67.1 Å². The molecule has 24 nitrogen and oxygen atoms in total. The topological polar surface area (TPSA) is 309 Å². The number of ketones is 4. The van der Waals surface area contributed by atoms with Crippen molar-refractivity contribution in [1.82, 2.24) is 59.3 Å². The first kappa shape index (κ1) is 95.0. The van der Waals surface area contributed by atoms with Gasteiger partial charge in [0.05, 0.1) is 96.7 Å². The Hall–Kier alpha value is -7.16. The number of fused-ring (bicyclic) bond motifs is 24. The van der Waals surface area contributed by atoms with Gasteiger partial charge in [0, 0.05) is 76.1 Å². The first-order chi connectivity index (χ1) is 65.6. The summed E-state index contributed by atoms with van der Waals surface area (Å²) >= 11 is 0. The van der Waals surface area contributed by atoms with Crippen LogP contribution in [0.4, 0.5) is 0 Å². The largest absolute Gasteiger partial charge is 0.387 e. The van der Waals surface area contributed by atoms with Gasteiger partial charge in [-0.1, -0.05) is 45.0 Å². The minimum absolute atomic E-state index is 0.118. The molecule has 0 spiro atoms. The van der Waals surface area contributed by atoms with Gasteiger partial charge in [-0.25, -0.2) is 4.68 Å². The number of aromatic nitrogens is 12. The molecule has 0 radical (unpaired) electrons. The number of benzene rings is 1. The Balaban J connectivity index is 0.000000108. The molecule has 0 bridgehead atoms. The van der Waals surface area contributed by atoms with E-state index in [1.54, 1.807) is 62.6 Å². The highest BCUT2D eigenvalue weighted by Crippen LogP contribution is 2.71. The minimum atomic E-state index is -0.623. The SMILES string of the molecule is COC[C@@]1(O)CC[C@H]2[C@@H](CC[C@@H]3[C@@H]2CC[C@]2(C)[C@@H](C(=O)Cn4cc5ncccc5n4)CC[C@@H]32)C1.COC[C@@]1(O)CC[C@H]2[C@@H](CC[C@@H]3[C@@H]2CC[C@]2(C)[C@@H](C(=O)Cn4ncc5ccncc54)CC[C@@H]32)C1.COC[C@@]1(O)CC[C@H]2[C@@H](CC[C@@H]3[C@@H]2CC[C@]2(C)[C@@H](C(=O)Cn4ncc5ncccc54)CC[C@@H]32)C1.COC[C@@]1(O)CC[C@H]2[C@@H](CC[C@@H]3[C@@H]2CC[C@]2(C)[C@@H](C(=O)Cn4nnc5ccccc54)CC[C@@H]32)C1. The molecular weight excluding hydrogens is 1710 g/mol. The number of para-hydroxylation sites is 1. The van der Waals surface area contributed by atoms with E-state index in [-0.39, 0.29) is 45.3 Å². The molecule has 32 atom stereocenters. The molecule has 4 N–H and O–H groups in total. The van der Waals surface area contributed by atoms with Crippen molar-refractivity contribution in [2.45, 2.75) is 307 Å². The van der Waals surface area contributed by atoms with Crippen LogP contribution in [0.15, 0.2) is 98.0 Å².